The van der Waals surface area contributed by atoms with Gasteiger partial charge in [-0.25, -0.2) is 0 Å². The van der Waals surface area contributed by atoms with Gasteiger partial charge in [0.1, 0.15) is 0 Å². The van der Waals surface area contributed by atoms with Gasteiger partial charge in [0.2, 0.25) is 5.91 Å². The molecule has 2 heterocycles. The first kappa shape index (κ1) is 19.6. The molecule has 1 saturated heterocycles. The summed E-state index contributed by atoms with van der Waals surface area (Å²) in [5.41, 5.74) is 4.39. The fourth-order valence-electron chi connectivity index (χ4n) is 3.52. The third kappa shape index (κ3) is 4.96. The summed E-state index contributed by atoms with van der Waals surface area (Å²) in [6.45, 7) is 11.3. The molecule has 0 bridgehead atoms. The first-order valence-electron chi connectivity index (χ1n) is 9.63. The van der Waals surface area contributed by atoms with Gasteiger partial charge in [-0.15, -0.1) is 0 Å². The van der Waals surface area contributed by atoms with E-state index >= 15 is 0 Å². The highest BCUT2D eigenvalue weighted by molar-refractivity contribution is 5.78. The van der Waals surface area contributed by atoms with E-state index in [1.54, 1.807) is 0 Å². The molecule has 0 saturated carbocycles. The van der Waals surface area contributed by atoms with Crippen molar-refractivity contribution in [3.8, 4) is 0 Å². The number of carbonyl (C=O) groups excluding carboxylic acids is 1. The Labute approximate surface area is 161 Å². The van der Waals surface area contributed by atoms with Crippen LogP contribution in [-0.2, 0) is 22.6 Å². The van der Waals surface area contributed by atoms with Crippen molar-refractivity contribution in [2.24, 2.45) is 0 Å². The molecular weight excluding hydrogens is 340 g/mol. The van der Waals surface area contributed by atoms with Crippen LogP contribution in [0.2, 0.25) is 0 Å². The lowest BCUT2D eigenvalue weighted by Gasteiger charge is -2.36. The van der Waals surface area contributed by atoms with E-state index in [0.717, 1.165) is 30.0 Å². The van der Waals surface area contributed by atoms with E-state index in [9.17, 15) is 4.79 Å². The Morgan fingerprint density at radius 3 is 2.74 bits per heavy atom. The van der Waals surface area contributed by atoms with Crippen LogP contribution in [-0.4, -0.2) is 52.4 Å². The Morgan fingerprint density at radius 2 is 2.00 bits per heavy atom. The van der Waals surface area contributed by atoms with Crippen LogP contribution in [0.15, 0.2) is 30.3 Å². The topological polar surface area (TPSA) is 59.4 Å². The molecule has 0 radical (unpaired) electrons. The zero-order chi connectivity index (χ0) is 19.4. The third-order valence-electron chi connectivity index (χ3n) is 5.25. The molecule has 1 aromatic heterocycles. The number of nitrogens with zero attached hydrogens (tertiary/aromatic N) is 3. The van der Waals surface area contributed by atoms with Crippen molar-refractivity contribution < 1.29 is 9.53 Å². The number of ether oxygens (including phenoxy) is 1. The van der Waals surface area contributed by atoms with Crippen LogP contribution in [0.5, 0.6) is 0 Å². The van der Waals surface area contributed by atoms with Gasteiger partial charge < -0.3 is 10.1 Å². The van der Waals surface area contributed by atoms with E-state index < -0.39 is 0 Å². The summed E-state index contributed by atoms with van der Waals surface area (Å²) < 4.78 is 7.64. The first-order chi connectivity index (χ1) is 12.9. The number of rotatable bonds is 6. The van der Waals surface area contributed by atoms with E-state index in [1.165, 1.54) is 5.56 Å². The fraction of sp³-hybridized carbons (Fsp3) is 0.524. The van der Waals surface area contributed by atoms with Crippen molar-refractivity contribution in [3.05, 3.63) is 52.8 Å². The molecule has 1 N–H and O–H groups in total. The lowest BCUT2D eigenvalue weighted by atomic mass is 10.2. The molecular formula is C21H30N4O2. The van der Waals surface area contributed by atoms with Gasteiger partial charge in [-0.3, -0.25) is 14.4 Å². The van der Waals surface area contributed by atoms with Crippen LogP contribution in [0.1, 0.15) is 36.4 Å². The molecule has 27 heavy (non-hydrogen) atoms. The maximum atomic E-state index is 12.4. The summed E-state index contributed by atoms with van der Waals surface area (Å²) in [7, 11) is 0. The summed E-state index contributed by atoms with van der Waals surface area (Å²) in [6, 6.07) is 10.6. The van der Waals surface area contributed by atoms with Gasteiger partial charge in [0.25, 0.3) is 0 Å². The standard InChI is InChI=1S/C21H30N4O2/c1-15-14-27-16(2)11-24(15)13-21(26)22-10-20-17(3)23-25(18(20)4)12-19-8-6-5-7-9-19/h5-9,15-16H,10-14H2,1-4H3,(H,22,26). The second-order valence-corrected chi connectivity index (χ2v) is 7.49. The molecule has 2 unspecified atom stereocenters. The summed E-state index contributed by atoms with van der Waals surface area (Å²) in [6.07, 6.45) is 0.176. The minimum Gasteiger partial charge on any atom is -0.376 e. The van der Waals surface area contributed by atoms with Crippen LogP contribution in [0.25, 0.3) is 0 Å². The minimum absolute atomic E-state index is 0.0468. The Kier molecular flexibility index (Phi) is 6.29. The van der Waals surface area contributed by atoms with Gasteiger partial charge in [-0.1, -0.05) is 30.3 Å². The maximum Gasteiger partial charge on any atom is 0.234 e. The van der Waals surface area contributed by atoms with E-state index in [0.29, 0.717) is 19.7 Å². The highest BCUT2D eigenvalue weighted by Gasteiger charge is 2.25. The summed E-state index contributed by atoms with van der Waals surface area (Å²) >= 11 is 0. The van der Waals surface area contributed by atoms with Crippen molar-refractivity contribution in [2.75, 3.05) is 19.7 Å². The zero-order valence-corrected chi connectivity index (χ0v) is 16.7. The summed E-state index contributed by atoms with van der Waals surface area (Å²) in [5.74, 6) is 0.0468. The van der Waals surface area contributed by atoms with Crippen molar-refractivity contribution in [1.82, 2.24) is 20.0 Å². The molecule has 6 nitrogen and oxygen atoms in total. The van der Waals surface area contributed by atoms with E-state index in [1.807, 2.05) is 36.7 Å². The molecule has 3 rings (SSSR count). The van der Waals surface area contributed by atoms with Crippen molar-refractivity contribution in [2.45, 2.75) is 52.9 Å². The number of hydrogen-bond donors (Lipinski definition) is 1. The molecule has 1 amide bonds. The number of aryl methyl sites for hydroxylation is 1. The molecule has 1 aliphatic heterocycles. The van der Waals surface area contributed by atoms with Crippen LogP contribution in [0, 0.1) is 13.8 Å². The highest BCUT2D eigenvalue weighted by atomic mass is 16.5. The van der Waals surface area contributed by atoms with Crippen molar-refractivity contribution >= 4 is 5.91 Å². The van der Waals surface area contributed by atoms with Gasteiger partial charge in [0.05, 0.1) is 31.5 Å². The number of morpholine rings is 1. The summed E-state index contributed by atoms with van der Waals surface area (Å²) in [5, 5.41) is 7.73. The van der Waals surface area contributed by atoms with E-state index in [-0.39, 0.29) is 18.1 Å². The monoisotopic (exact) mass is 370 g/mol. The SMILES string of the molecule is Cc1nn(Cc2ccccc2)c(C)c1CNC(=O)CN1CC(C)OCC1C. The number of amides is 1. The van der Waals surface area contributed by atoms with Crippen LogP contribution in [0.3, 0.4) is 0 Å². The molecule has 1 fully saturated rings. The normalized spacial score (nSPS) is 20.6. The Morgan fingerprint density at radius 1 is 1.26 bits per heavy atom. The van der Waals surface area contributed by atoms with Gasteiger partial charge in [0.15, 0.2) is 0 Å². The van der Waals surface area contributed by atoms with Crippen molar-refractivity contribution in [3.63, 3.8) is 0 Å². The molecule has 2 atom stereocenters. The molecule has 0 aliphatic carbocycles. The van der Waals surface area contributed by atoms with E-state index in [2.05, 4.69) is 41.3 Å². The van der Waals surface area contributed by atoms with Gasteiger partial charge >= 0.3 is 0 Å². The highest BCUT2D eigenvalue weighted by Crippen LogP contribution is 2.15. The Bertz CT molecular complexity index is 772. The smallest absolute Gasteiger partial charge is 0.234 e. The molecule has 146 valence electrons. The number of carbonyl (C=O) groups is 1. The number of benzene rings is 1. The van der Waals surface area contributed by atoms with Crippen LogP contribution < -0.4 is 5.32 Å². The number of hydrogen-bond acceptors (Lipinski definition) is 4. The molecule has 1 aliphatic rings. The Balaban J connectivity index is 1.58. The molecule has 2 aromatic rings. The fourth-order valence-corrected chi connectivity index (χ4v) is 3.52. The molecule has 0 spiro atoms. The molecule has 6 heteroatoms. The predicted octanol–water partition coefficient (Wildman–Crippen LogP) is 2.27. The zero-order valence-electron chi connectivity index (χ0n) is 16.7. The number of aromatic nitrogens is 2. The first-order valence-corrected chi connectivity index (χ1v) is 9.63. The van der Waals surface area contributed by atoms with Gasteiger partial charge in [-0.2, -0.15) is 5.10 Å². The average Bonchev–Trinajstić information content (AvgIpc) is 2.90. The second-order valence-electron chi connectivity index (χ2n) is 7.49. The van der Waals surface area contributed by atoms with Crippen LogP contribution in [0.4, 0.5) is 0 Å². The quantitative estimate of drug-likeness (QED) is 0.847. The van der Waals surface area contributed by atoms with Crippen molar-refractivity contribution in [1.29, 1.82) is 0 Å². The lowest BCUT2D eigenvalue weighted by molar-refractivity contribution is -0.126. The summed E-state index contributed by atoms with van der Waals surface area (Å²) in [4.78, 5) is 14.6. The predicted molar refractivity (Wildman–Crippen MR) is 106 cm³/mol. The second kappa shape index (κ2) is 8.67. The van der Waals surface area contributed by atoms with E-state index in [4.69, 9.17) is 4.74 Å². The Hall–Kier alpha value is -2.18. The largest absolute Gasteiger partial charge is 0.376 e. The van der Waals surface area contributed by atoms with Crippen LogP contribution >= 0.6 is 0 Å². The maximum absolute atomic E-state index is 12.4. The average molecular weight is 370 g/mol. The molecule has 1 aromatic carbocycles. The minimum atomic E-state index is 0.0468. The lowest BCUT2D eigenvalue weighted by Crippen LogP contribution is -2.50. The third-order valence-corrected chi connectivity index (χ3v) is 5.25. The number of nitrogens with one attached hydrogen (secondary N) is 1. The van der Waals surface area contributed by atoms with Gasteiger partial charge in [-0.05, 0) is 33.3 Å². The van der Waals surface area contributed by atoms with Gasteiger partial charge in [0, 0.05) is 30.4 Å².